The Balaban J connectivity index is 1.50. The van der Waals surface area contributed by atoms with Crippen molar-refractivity contribution in [2.75, 3.05) is 23.4 Å². The third-order valence-electron chi connectivity index (χ3n) is 6.31. The highest BCUT2D eigenvalue weighted by atomic mass is 79.9. The average molecular weight is 449 g/mol. The molecule has 0 unspecified atom stereocenters. The zero-order valence-corrected chi connectivity index (χ0v) is 17.8. The summed E-state index contributed by atoms with van der Waals surface area (Å²) in [6.07, 6.45) is 6.66. The van der Waals surface area contributed by atoms with Gasteiger partial charge in [0, 0.05) is 22.5 Å². The molecule has 3 aliphatic carbocycles. The number of nitrogens with one attached hydrogen (secondary N) is 2. The van der Waals surface area contributed by atoms with E-state index in [2.05, 4.69) is 45.6 Å². The quantitative estimate of drug-likeness (QED) is 0.487. The van der Waals surface area contributed by atoms with Crippen LogP contribution in [-0.2, 0) is 9.59 Å². The number of amides is 2. The van der Waals surface area contributed by atoms with Gasteiger partial charge in [-0.05, 0) is 60.1 Å². The van der Waals surface area contributed by atoms with Crippen LogP contribution in [0.3, 0.4) is 0 Å². The number of carbonyl (C=O) groups excluding carboxylic acids is 2. The lowest BCUT2D eigenvalue weighted by molar-refractivity contribution is -0.132. The molecule has 6 heteroatoms. The Labute approximate surface area is 173 Å². The van der Waals surface area contributed by atoms with Gasteiger partial charge in [0.2, 0.25) is 11.8 Å². The highest BCUT2D eigenvalue weighted by Gasteiger charge is 2.69. The predicted octanol–water partition coefficient (Wildman–Crippen LogP) is 4.09. The van der Waals surface area contributed by atoms with Crippen molar-refractivity contribution in [3.8, 4) is 0 Å². The van der Waals surface area contributed by atoms with E-state index in [9.17, 15) is 9.59 Å². The summed E-state index contributed by atoms with van der Waals surface area (Å²) in [6, 6.07) is 7.59. The Bertz CT molecular complexity index is 760. The van der Waals surface area contributed by atoms with Crippen molar-refractivity contribution in [3.05, 3.63) is 40.9 Å². The van der Waals surface area contributed by atoms with Crippen molar-refractivity contribution in [3.63, 3.8) is 0 Å². The molecule has 0 radical (unpaired) electrons. The topological polar surface area (TPSA) is 58.2 Å². The first-order valence-electron chi connectivity index (χ1n) is 9.67. The Morgan fingerprint density at radius 3 is 2.33 bits per heavy atom. The Morgan fingerprint density at radius 2 is 1.74 bits per heavy atom. The van der Waals surface area contributed by atoms with Crippen molar-refractivity contribution in [2.45, 2.75) is 19.8 Å². The van der Waals surface area contributed by atoms with Crippen LogP contribution in [0, 0.1) is 29.1 Å². The first-order valence-corrected chi connectivity index (χ1v) is 11.6. The van der Waals surface area contributed by atoms with Gasteiger partial charge in [-0.15, -0.1) is 0 Å². The minimum Gasteiger partial charge on any atom is -0.355 e. The molecule has 3 aliphatic rings. The summed E-state index contributed by atoms with van der Waals surface area (Å²) in [5.41, 5.74) is 0.945. The third kappa shape index (κ3) is 3.46. The minimum absolute atomic E-state index is 0.0245. The highest BCUT2D eigenvalue weighted by molar-refractivity contribution is 9.10. The van der Waals surface area contributed by atoms with Crippen LogP contribution in [0.25, 0.3) is 0 Å². The molecule has 1 aromatic rings. The molecule has 1 spiro atoms. The summed E-state index contributed by atoms with van der Waals surface area (Å²) in [5, 5.41) is 6.13. The van der Waals surface area contributed by atoms with Crippen molar-refractivity contribution in [1.29, 1.82) is 0 Å². The molecule has 0 heterocycles. The van der Waals surface area contributed by atoms with Crippen LogP contribution in [0.15, 0.2) is 40.9 Å². The molecule has 144 valence electrons. The standard InChI is InChI=1S/C21H25BrN2O2S/c1-2-27-12-11-23-19(25)17-15-7-8-16(21(15)9-10-21)18(17)20(26)24-14-5-3-13(22)4-6-14/h3-8,15-18H,2,9-12H2,1H3,(H,23,25)(H,24,26)/t15-,16+,17-,18-/m1/s1. The molecular weight excluding hydrogens is 424 g/mol. The van der Waals surface area contributed by atoms with Gasteiger partial charge in [-0.1, -0.05) is 35.0 Å². The smallest absolute Gasteiger partial charge is 0.228 e. The average Bonchev–Trinajstić information content (AvgIpc) is 3.33. The number of carbonyl (C=O) groups is 2. The van der Waals surface area contributed by atoms with E-state index >= 15 is 0 Å². The molecule has 4 nitrogen and oxygen atoms in total. The zero-order valence-electron chi connectivity index (χ0n) is 15.4. The van der Waals surface area contributed by atoms with E-state index in [1.807, 2.05) is 36.0 Å². The fraction of sp³-hybridized carbons (Fsp3) is 0.524. The van der Waals surface area contributed by atoms with E-state index in [-0.39, 0.29) is 40.9 Å². The number of benzene rings is 1. The molecule has 2 bridgehead atoms. The van der Waals surface area contributed by atoms with Gasteiger partial charge in [-0.25, -0.2) is 0 Å². The van der Waals surface area contributed by atoms with Crippen LogP contribution < -0.4 is 10.6 Å². The molecule has 2 saturated carbocycles. The van der Waals surface area contributed by atoms with Crippen LogP contribution in [0.2, 0.25) is 0 Å². The second-order valence-corrected chi connectivity index (χ2v) is 10.0. The molecule has 2 amide bonds. The van der Waals surface area contributed by atoms with E-state index in [0.717, 1.165) is 34.5 Å². The lowest BCUT2D eigenvalue weighted by Crippen LogP contribution is -2.42. The van der Waals surface area contributed by atoms with E-state index in [4.69, 9.17) is 0 Å². The van der Waals surface area contributed by atoms with Gasteiger partial charge in [0.25, 0.3) is 0 Å². The molecule has 2 N–H and O–H groups in total. The van der Waals surface area contributed by atoms with Crippen LogP contribution in [-0.4, -0.2) is 29.9 Å². The Kier molecular flexibility index (Phi) is 5.39. The summed E-state index contributed by atoms with van der Waals surface area (Å²) >= 11 is 5.23. The van der Waals surface area contributed by atoms with E-state index < -0.39 is 0 Å². The normalized spacial score (nSPS) is 29.1. The highest BCUT2D eigenvalue weighted by Crippen LogP contribution is 2.72. The van der Waals surface area contributed by atoms with Gasteiger partial charge in [0.05, 0.1) is 11.8 Å². The van der Waals surface area contributed by atoms with Gasteiger partial charge in [0.15, 0.2) is 0 Å². The maximum absolute atomic E-state index is 13.2. The number of halogens is 1. The summed E-state index contributed by atoms with van der Waals surface area (Å²) in [6.45, 7) is 2.79. The molecule has 0 saturated heterocycles. The van der Waals surface area contributed by atoms with Gasteiger partial charge < -0.3 is 10.6 Å². The summed E-state index contributed by atoms with van der Waals surface area (Å²) < 4.78 is 0.975. The second-order valence-electron chi connectivity index (χ2n) is 7.71. The van der Waals surface area contributed by atoms with Crippen LogP contribution >= 0.6 is 27.7 Å². The third-order valence-corrected chi connectivity index (χ3v) is 7.74. The van der Waals surface area contributed by atoms with Crippen molar-refractivity contribution in [2.24, 2.45) is 29.1 Å². The summed E-state index contributed by atoms with van der Waals surface area (Å²) in [4.78, 5) is 26.1. The lowest BCUT2D eigenvalue weighted by atomic mass is 9.81. The Hall–Kier alpha value is -1.27. The van der Waals surface area contributed by atoms with Crippen LogP contribution in [0.4, 0.5) is 5.69 Å². The molecule has 4 atom stereocenters. The van der Waals surface area contributed by atoms with Crippen molar-refractivity contribution in [1.82, 2.24) is 5.32 Å². The number of thioether (sulfide) groups is 1. The number of hydrogen-bond donors (Lipinski definition) is 2. The lowest BCUT2D eigenvalue weighted by Gasteiger charge is -2.26. The first kappa shape index (κ1) is 19.1. The summed E-state index contributed by atoms with van der Waals surface area (Å²) in [7, 11) is 0. The number of anilines is 1. The van der Waals surface area contributed by atoms with Gasteiger partial charge in [-0.3, -0.25) is 9.59 Å². The number of hydrogen-bond acceptors (Lipinski definition) is 3. The predicted molar refractivity (Wildman–Crippen MR) is 114 cm³/mol. The van der Waals surface area contributed by atoms with Crippen molar-refractivity contribution >= 4 is 45.2 Å². The monoisotopic (exact) mass is 448 g/mol. The zero-order chi connectivity index (χ0) is 19.0. The fourth-order valence-corrected chi connectivity index (χ4v) is 5.78. The number of rotatable bonds is 7. The summed E-state index contributed by atoms with van der Waals surface area (Å²) in [5.74, 6) is 1.87. The molecule has 0 aliphatic heterocycles. The maximum atomic E-state index is 13.2. The maximum Gasteiger partial charge on any atom is 0.228 e. The molecule has 0 aromatic heterocycles. The molecule has 4 rings (SSSR count). The van der Waals surface area contributed by atoms with Gasteiger partial charge in [0.1, 0.15) is 0 Å². The minimum atomic E-state index is -0.273. The van der Waals surface area contributed by atoms with E-state index in [1.165, 1.54) is 0 Å². The van der Waals surface area contributed by atoms with Crippen molar-refractivity contribution < 1.29 is 9.59 Å². The molecule has 2 fully saturated rings. The first-order chi connectivity index (χ1) is 13.1. The fourth-order valence-electron chi connectivity index (χ4n) is 4.98. The van der Waals surface area contributed by atoms with E-state index in [0.29, 0.717) is 6.54 Å². The molecule has 1 aromatic carbocycles. The number of allylic oxidation sites excluding steroid dienone is 2. The van der Waals surface area contributed by atoms with Crippen LogP contribution in [0.5, 0.6) is 0 Å². The Morgan fingerprint density at radius 1 is 1.11 bits per heavy atom. The molecule has 27 heavy (non-hydrogen) atoms. The largest absolute Gasteiger partial charge is 0.355 e. The van der Waals surface area contributed by atoms with Crippen LogP contribution in [0.1, 0.15) is 19.8 Å². The van der Waals surface area contributed by atoms with Gasteiger partial charge in [-0.2, -0.15) is 11.8 Å². The SMILES string of the molecule is CCSCCNC(=O)[C@H]1[C@H](C(=O)Nc2ccc(Br)cc2)[C@@H]2C=C[C@H]1C21CC1. The molecular formula is C21H25BrN2O2S. The van der Waals surface area contributed by atoms with E-state index in [1.54, 1.807) is 0 Å². The second kappa shape index (κ2) is 7.63. The van der Waals surface area contributed by atoms with Gasteiger partial charge >= 0.3 is 0 Å².